The first-order valence-corrected chi connectivity index (χ1v) is 7.76. The molecule has 0 aliphatic heterocycles. The average molecular weight is 415 g/mol. The number of hydrogen-bond acceptors (Lipinski definition) is 5. The molecule has 0 aliphatic rings. The van der Waals surface area contributed by atoms with E-state index in [0.29, 0.717) is 6.07 Å². The van der Waals surface area contributed by atoms with Crippen molar-refractivity contribution in [2.45, 2.75) is 25.3 Å². The summed E-state index contributed by atoms with van der Waals surface area (Å²) in [6, 6.07) is 2.71. The van der Waals surface area contributed by atoms with Crippen LogP contribution in [0.2, 0.25) is 5.02 Å². The van der Waals surface area contributed by atoms with Gasteiger partial charge in [0.1, 0.15) is 5.82 Å². The number of alkyl halides is 6. The Labute approximate surface area is 154 Å². The molecule has 0 saturated heterocycles. The molecule has 1 aromatic carbocycles. The molecule has 0 spiro atoms. The molecule has 0 radical (unpaired) electrons. The van der Waals surface area contributed by atoms with Gasteiger partial charge in [-0.25, -0.2) is 4.98 Å². The summed E-state index contributed by atoms with van der Waals surface area (Å²) in [7, 11) is 0. The Morgan fingerprint density at radius 3 is 2.33 bits per heavy atom. The highest BCUT2D eigenvalue weighted by Gasteiger charge is 2.36. The Balaban J connectivity index is 2.52. The summed E-state index contributed by atoms with van der Waals surface area (Å²) in [5, 5.41) is 13.3. The molecule has 5 nitrogen and oxygen atoms in total. The number of aliphatic hydroxyl groups excluding tert-OH is 1. The number of aliphatic hydroxyl groups is 1. The van der Waals surface area contributed by atoms with Crippen molar-refractivity contribution in [3.05, 3.63) is 40.5 Å². The van der Waals surface area contributed by atoms with E-state index < -0.39 is 53.7 Å². The number of aromatic nitrogens is 2. The zero-order valence-electron chi connectivity index (χ0n) is 13.6. The van der Waals surface area contributed by atoms with E-state index in [0.717, 1.165) is 18.2 Å². The van der Waals surface area contributed by atoms with Gasteiger partial charge < -0.3 is 15.7 Å². The Kier molecular flexibility index (Phi) is 6.05. The molecule has 0 amide bonds. The van der Waals surface area contributed by atoms with Crippen molar-refractivity contribution in [3.63, 3.8) is 0 Å². The Bertz CT molecular complexity index is 812. The van der Waals surface area contributed by atoms with E-state index in [4.69, 9.17) is 16.7 Å². The molecule has 2 rings (SSSR count). The fourth-order valence-corrected chi connectivity index (χ4v) is 2.22. The van der Waals surface area contributed by atoms with Crippen LogP contribution < -0.4 is 10.6 Å². The largest absolute Gasteiger partial charge is 0.433 e. The summed E-state index contributed by atoms with van der Waals surface area (Å²) >= 11 is 5.78. The number of nitrogens with one attached hydrogen (secondary N) is 2. The molecule has 0 unspecified atom stereocenters. The summed E-state index contributed by atoms with van der Waals surface area (Å²) in [6.07, 6.45) is -9.66. The van der Waals surface area contributed by atoms with Gasteiger partial charge in [-0.05, 0) is 19.1 Å². The monoisotopic (exact) mass is 414 g/mol. The minimum absolute atomic E-state index is 0.352. The predicted octanol–water partition coefficient (Wildman–Crippen LogP) is 4.70. The van der Waals surface area contributed by atoms with Crippen molar-refractivity contribution < 1.29 is 31.4 Å². The number of para-hydroxylation sites is 1. The van der Waals surface area contributed by atoms with Crippen molar-refractivity contribution in [2.24, 2.45) is 0 Å². The number of anilines is 3. The molecule has 1 atom stereocenters. The summed E-state index contributed by atoms with van der Waals surface area (Å²) in [5.41, 5.74) is -3.19. The minimum atomic E-state index is -4.87. The maximum absolute atomic E-state index is 13.1. The normalized spacial score (nSPS) is 13.4. The lowest BCUT2D eigenvalue weighted by Gasteiger charge is -2.18. The maximum atomic E-state index is 13.1. The summed E-state index contributed by atoms with van der Waals surface area (Å²) in [4.78, 5) is 7.00. The fourth-order valence-electron chi connectivity index (χ4n) is 2.00. The van der Waals surface area contributed by atoms with E-state index in [1.54, 1.807) is 0 Å². The maximum Gasteiger partial charge on any atom is 0.433 e. The second kappa shape index (κ2) is 7.77. The van der Waals surface area contributed by atoms with Crippen LogP contribution in [0, 0.1) is 0 Å². The minimum Gasteiger partial charge on any atom is -0.394 e. The molecule has 3 N–H and O–H groups in total. The molecule has 0 saturated carbocycles. The topological polar surface area (TPSA) is 70.1 Å². The van der Waals surface area contributed by atoms with E-state index in [-0.39, 0.29) is 5.02 Å². The number of halogens is 7. The van der Waals surface area contributed by atoms with E-state index in [1.165, 1.54) is 6.92 Å². The lowest BCUT2D eigenvalue weighted by Crippen LogP contribution is -2.22. The first-order chi connectivity index (χ1) is 12.4. The van der Waals surface area contributed by atoms with Crippen LogP contribution in [0.5, 0.6) is 0 Å². The number of rotatable bonds is 5. The molecule has 0 bridgehead atoms. The molecule has 1 heterocycles. The second-order valence-corrected chi connectivity index (χ2v) is 5.88. The smallest absolute Gasteiger partial charge is 0.394 e. The van der Waals surface area contributed by atoms with E-state index in [2.05, 4.69) is 20.6 Å². The predicted molar refractivity (Wildman–Crippen MR) is 86.9 cm³/mol. The fraction of sp³-hybridized carbons (Fsp3) is 0.333. The zero-order valence-corrected chi connectivity index (χ0v) is 14.3. The van der Waals surface area contributed by atoms with Crippen LogP contribution in [-0.2, 0) is 12.4 Å². The Morgan fingerprint density at radius 1 is 1.11 bits per heavy atom. The van der Waals surface area contributed by atoms with Gasteiger partial charge in [-0.1, -0.05) is 17.7 Å². The highest BCUT2D eigenvalue weighted by molar-refractivity contribution is 6.33. The molecule has 2 aromatic rings. The third-order valence-electron chi connectivity index (χ3n) is 3.24. The lowest BCUT2D eigenvalue weighted by atomic mass is 10.1. The van der Waals surface area contributed by atoms with Crippen molar-refractivity contribution in [1.29, 1.82) is 0 Å². The molecular weight excluding hydrogens is 402 g/mol. The van der Waals surface area contributed by atoms with Crippen LogP contribution in [0.25, 0.3) is 0 Å². The highest BCUT2D eigenvalue weighted by atomic mass is 35.5. The molecule has 0 fully saturated rings. The van der Waals surface area contributed by atoms with Gasteiger partial charge in [-0.15, -0.1) is 0 Å². The number of nitrogens with zero attached hydrogens (tertiary/aromatic N) is 2. The van der Waals surface area contributed by atoms with E-state index in [9.17, 15) is 26.3 Å². The van der Waals surface area contributed by atoms with Crippen molar-refractivity contribution in [3.8, 4) is 0 Å². The van der Waals surface area contributed by atoms with Gasteiger partial charge in [0.15, 0.2) is 5.69 Å². The van der Waals surface area contributed by atoms with Gasteiger partial charge in [-0.2, -0.15) is 31.3 Å². The summed E-state index contributed by atoms with van der Waals surface area (Å²) < 4.78 is 78.6. The number of benzene rings is 1. The first kappa shape index (κ1) is 21.0. The van der Waals surface area contributed by atoms with Crippen LogP contribution in [-0.4, -0.2) is 27.7 Å². The third-order valence-corrected chi connectivity index (χ3v) is 3.55. The van der Waals surface area contributed by atoms with Crippen LogP contribution in [0.15, 0.2) is 24.3 Å². The van der Waals surface area contributed by atoms with Crippen LogP contribution >= 0.6 is 11.6 Å². The van der Waals surface area contributed by atoms with Crippen molar-refractivity contribution in [2.75, 3.05) is 17.2 Å². The Hall–Kier alpha value is -2.27. The van der Waals surface area contributed by atoms with Crippen LogP contribution in [0.1, 0.15) is 18.2 Å². The number of hydrogen-bond donors (Lipinski definition) is 3. The first-order valence-electron chi connectivity index (χ1n) is 7.38. The Morgan fingerprint density at radius 2 is 1.78 bits per heavy atom. The summed E-state index contributed by atoms with van der Waals surface area (Å²) in [5.74, 6) is -1.07. The quantitative estimate of drug-likeness (QED) is 0.618. The molecule has 148 valence electrons. The third kappa shape index (κ3) is 5.36. The average Bonchev–Trinajstić information content (AvgIpc) is 2.54. The SMILES string of the molecule is C[C@H](CO)Nc1nc(Nc2c(Cl)cccc2C(F)(F)F)cc(C(F)(F)F)n1. The van der Waals surface area contributed by atoms with Crippen LogP contribution in [0.4, 0.5) is 43.8 Å². The van der Waals surface area contributed by atoms with Gasteiger partial charge in [0.25, 0.3) is 0 Å². The molecule has 27 heavy (non-hydrogen) atoms. The molecule has 12 heteroatoms. The van der Waals surface area contributed by atoms with Gasteiger partial charge in [0, 0.05) is 12.1 Å². The standard InChI is InChI=1S/C15H13ClF6N4O/c1-7(6-27)23-13-24-10(15(20,21)22)5-11(26-13)25-12-8(14(17,18)19)3-2-4-9(12)16/h2-5,7,27H,6H2,1H3,(H2,23,24,25,26)/t7-/m1/s1. The highest BCUT2D eigenvalue weighted by Crippen LogP contribution is 2.40. The summed E-state index contributed by atoms with van der Waals surface area (Å²) in [6.45, 7) is 1.03. The van der Waals surface area contributed by atoms with Gasteiger partial charge in [0.05, 0.1) is 22.9 Å². The molecule has 1 aromatic heterocycles. The van der Waals surface area contributed by atoms with Crippen molar-refractivity contribution in [1.82, 2.24) is 9.97 Å². The van der Waals surface area contributed by atoms with Crippen molar-refractivity contribution >= 4 is 29.1 Å². The molecular formula is C15H13ClF6N4O. The van der Waals surface area contributed by atoms with Gasteiger partial charge >= 0.3 is 12.4 Å². The van der Waals surface area contributed by atoms with E-state index in [1.807, 2.05) is 0 Å². The lowest BCUT2D eigenvalue weighted by molar-refractivity contribution is -0.141. The van der Waals surface area contributed by atoms with Gasteiger partial charge in [0.2, 0.25) is 5.95 Å². The van der Waals surface area contributed by atoms with Gasteiger partial charge in [-0.3, -0.25) is 0 Å². The van der Waals surface area contributed by atoms with Crippen LogP contribution in [0.3, 0.4) is 0 Å². The zero-order chi connectivity index (χ0) is 20.4. The second-order valence-electron chi connectivity index (χ2n) is 5.47. The molecule has 0 aliphatic carbocycles. The van der Waals surface area contributed by atoms with E-state index >= 15 is 0 Å².